The van der Waals surface area contributed by atoms with Crippen LogP contribution in [0.25, 0.3) is 10.9 Å². The Morgan fingerprint density at radius 2 is 2.23 bits per heavy atom. The molecule has 1 aromatic heterocycles. The molecular formula is C9H7ClN2O. The molecule has 0 atom stereocenters. The fourth-order valence-electron chi connectivity index (χ4n) is 1.23. The summed E-state index contributed by atoms with van der Waals surface area (Å²) in [6, 6.07) is 5.27. The summed E-state index contributed by atoms with van der Waals surface area (Å²) in [5, 5.41) is 7.74. The van der Waals surface area contributed by atoms with Gasteiger partial charge in [0.05, 0.1) is 5.52 Å². The van der Waals surface area contributed by atoms with Gasteiger partial charge in [-0.15, -0.1) is 0 Å². The van der Waals surface area contributed by atoms with Crippen LogP contribution in [0.4, 0.5) is 0 Å². The van der Waals surface area contributed by atoms with Crippen LogP contribution in [0, 0.1) is 6.92 Å². The van der Waals surface area contributed by atoms with Crippen LogP contribution in [0.15, 0.2) is 23.0 Å². The van der Waals surface area contributed by atoms with E-state index in [0.717, 1.165) is 5.39 Å². The number of aryl methyl sites for hydroxylation is 1. The predicted molar refractivity (Wildman–Crippen MR) is 52.1 cm³/mol. The summed E-state index contributed by atoms with van der Waals surface area (Å²) < 4.78 is 0. The molecule has 0 saturated heterocycles. The molecule has 13 heavy (non-hydrogen) atoms. The maximum atomic E-state index is 11.2. The SMILES string of the molecule is Cc1c(=O)[nH]nc2cc(Cl)ccc12. The first-order chi connectivity index (χ1) is 6.18. The number of nitrogens with zero attached hydrogens (tertiary/aromatic N) is 1. The van der Waals surface area contributed by atoms with Gasteiger partial charge >= 0.3 is 0 Å². The van der Waals surface area contributed by atoms with E-state index < -0.39 is 0 Å². The normalized spacial score (nSPS) is 10.6. The molecule has 0 amide bonds. The molecule has 4 heteroatoms. The van der Waals surface area contributed by atoms with Gasteiger partial charge in [-0.25, -0.2) is 5.10 Å². The lowest BCUT2D eigenvalue weighted by molar-refractivity contribution is 1.01. The fourth-order valence-corrected chi connectivity index (χ4v) is 1.40. The molecule has 66 valence electrons. The lowest BCUT2D eigenvalue weighted by Crippen LogP contribution is -2.11. The third-order valence-electron chi connectivity index (χ3n) is 1.98. The Kier molecular flexibility index (Phi) is 1.81. The molecule has 3 nitrogen and oxygen atoms in total. The topological polar surface area (TPSA) is 45.8 Å². The van der Waals surface area contributed by atoms with Gasteiger partial charge in [-0.2, -0.15) is 5.10 Å². The first kappa shape index (κ1) is 8.26. The van der Waals surface area contributed by atoms with E-state index in [2.05, 4.69) is 10.2 Å². The first-order valence-electron chi connectivity index (χ1n) is 3.83. The molecule has 0 aliphatic carbocycles. The molecule has 0 fully saturated rings. The molecular weight excluding hydrogens is 188 g/mol. The average molecular weight is 195 g/mol. The lowest BCUT2D eigenvalue weighted by Gasteiger charge is -1.99. The molecule has 2 rings (SSSR count). The fraction of sp³-hybridized carbons (Fsp3) is 0.111. The van der Waals surface area contributed by atoms with E-state index in [9.17, 15) is 4.79 Å². The quantitative estimate of drug-likeness (QED) is 0.696. The Hall–Kier alpha value is -1.35. The minimum atomic E-state index is -0.158. The third-order valence-corrected chi connectivity index (χ3v) is 2.22. The molecule has 1 aromatic carbocycles. The van der Waals surface area contributed by atoms with E-state index in [0.29, 0.717) is 16.1 Å². The number of hydrogen-bond donors (Lipinski definition) is 1. The minimum absolute atomic E-state index is 0.158. The van der Waals surface area contributed by atoms with Crippen molar-refractivity contribution < 1.29 is 0 Å². The van der Waals surface area contributed by atoms with Crippen LogP contribution in [0.1, 0.15) is 5.56 Å². The number of benzene rings is 1. The zero-order valence-electron chi connectivity index (χ0n) is 6.97. The van der Waals surface area contributed by atoms with Crippen LogP contribution in [0.3, 0.4) is 0 Å². The number of rotatable bonds is 0. The molecule has 0 spiro atoms. The van der Waals surface area contributed by atoms with Crippen LogP contribution in [-0.2, 0) is 0 Å². The monoisotopic (exact) mass is 194 g/mol. The van der Waals surface area contributed by atoms with Crippen LogP contribution in [0.5, 0.6) is 0 Å². The van der Waals surface area contributed by atoms with E-state index in [1.54, 1.807) is 25.1 Å². The summed E-state index contributed by atoms with van der Waals surface area (Å²) in [5.41, 5.74) is 1.22. The number of nitrogens with one attached hydrogen (secondary N) is 1. The second-order valence-electron chi connectivity index (χ2n) is 2.84. The van der Waals surface area contributed by atoms with Crippen molar-refractivity contribution in [3.8, 4) is 0 Å². The van der Waals surface area contributed by atoms with Crippen LogP contribution >= 0.6 is 11.6 Å². The van der Waals surface area contributed by atoms with Crippen molar-refractivity contribution in [3.63, 3.8) is 0 Å². The average Bonchev–Trinajstić information content (AvgIpc) is 2.12. The van der Waals surface area contributed by atoms with Crippen molar-refractivity contribution in [2.24, 2.45) is 0 Å². The maximum Gasteiger partial charge on any atom is 0.267 e. The highest BCUT2D eigenvalue weighted by Gasteiger charge is 2.02. The molecule has 1 heterocycles. The van der Waals surface area contributed by atoms with Gasteiger partial charge in [0.2, 0.25) is 0 Å². The maximum absolute atomic E-state index is 11.2. The van der Waals surface area contributed by atoms with Gasteiger partial charge in [0.1, 0.15) is 0 Å². The summed E-state index contributed by atoms with van der Waals surface area (Å²) in [6.07, 6.45) is 0. The van der Waals surface area contributed by atoms with E-state index in [1.807, 2.05) is 0 Å². The minimum Gasteiger partial charge on any atom is -0.268 e. The largest absolute Gasteiger partial charge is 0.268 e. The summed E-state index contributed by atoms with van der Waals surface area (Å²) in [6.45, 7) is 1.76. The van der Waals surface area contributed by atoms with Crippen molar-refractivity contribution in [1.29, 1.82) is 0 Å². The van der Waals surface area contributed by atoms with Crippen LogP contribution in [-0.4, -0.2) is 10.2 Å². The van der Waals surface area contributed by atoms with Gasteiger partial charge in [-0.1, -0.05) is 17.7 Å². The van der Waals surface area contributed by atoms with E-state index in [4.69, 9.17) is 11.6 Å². The molecule has 0 aliphatic heterocycles. The van der Waals surface area contributed by atoms with Gasteiger partial charge in [0.15, 0.2) is 0 Å². The number of aromatic amines is 1. The number of H-pyrrole nitrogens is 1. The van der Waals surface area contributed by atoms with Crippen LogP contribution < -0.4 is 5.56 Å². The highest BCUT2D eigenvalue weighted by atomic mass is 35.5. The van der Waals surface area contributed by atoms with Gasteiger partial charge in [0.25, 0.3) is 5.56 Å². The highest BCUT2D eigenvalue weighted by molar-refractivity contribution is 6.31. The number of hydrogen-bond acceptors (Lipinski definition) is 2. The van der Waals surface area contributed by atoms with Crippen molar-refractivity contribution in [2.75, 3.05) is 0 Å². The van der Waals surface area contributed by atoms with Gasteiger partial charge in [-0.05, 0) is 19.1 Å². The Balaban J connectivity index is 2.95. The smallest absolute Gasteiger partial charge is 0.267 e. The van der Waals surface area contributed by atoms with Gasteiger partial charge in [-0.3, -0.25) is 4.79 Å². The van der Waals surface area contributed by atoms with Crippen LogP contribution in [0.2, 0.25) is 5.02 Å². The molecule has 0 saturated carbocycles. The van der Waals surface area contributed by atoms with Crippen molar-refractivity contribution in [1.82, 2.24) is 10.2 Å². The Morgan fingerprint density at radius 3 is 3.00 bits per heavy atom. The van der Waals surface area contributed by atoms with Crippen molar-refractivity contribution >= 4 is 22.5 Å². The molecule has 0 bridgehead atoms. The second kappa shape index (κ2) is 2.85. The molecule has 0 radical (unpaired) electrons. The first-order valence-corrected chi connectivity index (χ1v) is 4.21. The third kappa shape index (κ3) is 1.31. The summed E-state index contributed by atoms with van der Waals surface area (Å²) >= 11 is 5.78. The molecule has 2 aromatic rings. The lowest BCUT2D eigenvalue weighted by atomic mass is 10.1. The zero-order chi connectivity index (χ0) is 9.42. The Labute approximate surface area is 79.4 Å². The Morgan fingerprint density at radius 1 is 1.46 bits per heavy atom. The van der Waals surface area contributed by atoms with Crippen molar-refractivity contribution in [3.05, 3.63) is 39.1 Å². The Bertz CT molecular complexity index is 518. The van der Waals surface area contributed by atoms with E-state index in [1.165, 1.54) is 0 Å². The summed E-state index contributed by atoms with van der Waals surface area (Å²) in [4.78, 5) is 11.2. The summed E-state index contributed by atoms with van der Waals surface area (Å²) in [7, 11) is 0. The van der Waals surface area contributed by atoms with E-state index >= 15 is 0 Å². The van der Waals surface area contributed by atoms with Crippen molar-refractivity contribution in [2.45, 2.75) is 6.92 Å². The molecule has 1 N–H and O–H groups in total. The predicted octanol–water partition coefficient (Wildman–Crippen LogP) is 1.88. The number of aromatic nitrogens is 2. The standard InChI is InChI=1S/C9H7ClN2O/c1-5-7-3-2-6(10)4-8(7)11-12-9(5)13/h2-4H,1H3,(H,12,13). The molecule has 0 aliphatic rings. The highest BCUT2D eigenvalue weighted by Crippen LogP contribution is 2.17. The number of fused-ring (bicyclic) bond motifs is 1. The number of halogens is 1. The van der Waals surface area contributed by atoms with Gasteiger partial charge in [0, 0.05) is 16.0 Å². The molecule has 0 unspecified atom stereocenters. The van der Waals surface area contributed by atoms with E-state index in [-0.39, 0.29) is 5.56 Å². The zero-order valence-corrected chi connectivity index (χ0v) is 7.72. The van der Waals surface area contributed by atoms with Gasteiger partial charge < -0.3 is 0 Å². The summed E-state index contributed by atoms with van der Waals surface area (Å²) in [5.74, 6) is 0. The second-order valence-corrected chi connectivity index (χ2v) is 3.28.